The monoisotopic (exact) mass is 177 g/mol. The van der Waals surface area contributed by atoms with Gasteiger partial charge in [0, 0.05) is 18.8 Å². The van der Waals surface area contributed by atoms with E-state index in [9.17, 15) is 0 Å². The molecule has 0 aliphatic heterocycles. The molecular formula is C9H11N3O. The maximum absolute atomic E-state index is 5.71. The number of fused-ring (bicyclic) bond motifs is 1. The fraction of sp³-hybridized carbons (Fsp3) is 0.222. The number of rotatable bonds is 1. The van der Waals surface area contributed by atoms with Gasteiger partial charge in [0.1, 0.15) is 5.75 Å². The van der Waals surface area contributed by atoms with Crippen LogP contribution in [0, 0.1) is 0 Å². The van der Waals surface area contributed by atoms with Gasteiger partial charge in [-0.3, -0.25) is 4.68 Å². The summed E-state index contributed by atoms with van der Waals surface area (Å²) in [6, 6.07) is 3.68. The van der Waals surface area contributed by atoms with Crippen molar-refractivity contribution >= 4 is 16.6 Å². The largest absolute Gasteiger partial charge is 0.496 e. The zero-order valence-electron chi connectivity index (χ0n) is 7.61. The van der Waals surface area contributed by atoms with Crippen LogP contribution in [0.3, 0.4) is 0 Å². The van der Waals surface area contributed by atoms with Crippen LogP contribution in [0.1, 0.15) is 0 Å². The number of aromatic nitrogens is 2. The van der Waals surface area contributed by atoms with Crippen LogP contribution < -0.4 is 10.5 Å². The molecular weight excluding hydrogens is 166 g/mol. The van der Waals surface area contributed by atoms with Gasteiger partial charge in [-0.25, -0.2) is 0 Å². The molecule has 4 nitrogen and oxygen atoms in total. The summed E-state index contributed by atoms with van der Waals surface area (Å²) in [6.07, 6.45) is 1.77. The molecule has 0 amide bonds. The minimum atomic E-state index is 0.688. The highest BCUT2D eigenvalue weighted by Crippen LogP contribution is 2.27. The molecule has 1 aromatic carbocycles. The Hall–Kier alpha value is -1.71. The Balaban J connectivity index is 2.84. The molecule has 0 bridgehead atoms. The third kappa shape index (κ3) is 1.11. The second-order valence-electron chi connectivity index (χ2n) is 2.92. The van der Waals surface area contributed by atoms with Crippen LogP contribution in [0.25, 0.3) is 10.9 Å². The lowest BCUT2D eigenvalue weighted by atomic mass is 10.2. The fourth-order valence-electron chi connectivity index (χ4n) is 1.41. The minimum Gasteiger partial charge on any atom is -0.496 e. The summed E-state index contributed by atoms with van der Waals surface area (Å²) in [5, 5.41) is 5.11. The number of nitrogen functional groups attached to an aromatic ring is 1. The lowest BCUT2D eigenvalue weighted by Crippen LogP contribution is -1.92. The lowest BCUT2D eigenvalue weighted by molar-refractivity contribution is 0.420. The molecule has 1 heterocycles. The molecule has 1 aromatic heterocycles. The van der Waals surface area contributed by atoms with Gasteiger partial charge in [0.15, 0.2) is 0 Å². The van der Waals surface area contributed by atoms with E-state index < -0.39 is 0 Å². The zero-order chi connectivity index (χ0) is 9.42. The first-order chi connectivity index (χ1) is 6.22. The Morgan fingerprint density at radius 1 is 1.46 bits per heavy atom. The molecule has 4 heteroatoms. The molecule has 0 aliphatic rings. The third-order valence-corrected chi connectivity index (χ3v) is 2.07. The highest BCUT2D eigenvalue weighted by Gasteiger charge is 2.06. The van der Waals surface area contributed by atoms with Crippen LogP contribution >= 0.6 is 0 Å². The van der Waals surface area contributed by atoms with E-state index in [-0.39, 0.29) is 0 Å². The minimum absolute atomic E-state index is 0.688. The van der Waals surface area contributed by atoms with Gasteiger partial charge in [-0.1, -0.05) is 0 Å². The van der Waals surface area contributed by atoms with Crippen LogP contribution in [0.5, 0.6) is 5.75 Å². The van der Waals surface area contributed by atoms with Crippen molar-refractivity contribution in [1.29, 1.82) is 0 Å². The van der Waals surface area contributed by atoms with Crippen LogP contribution in [0.2, 0.25) is 0 Å². The van der Waals surface area contributed by atoms with Gasteiger partial charge < -0.3 is 10.5 Å². The van der Waals surface area contributed by atoms with Gasteiger partial charge in [0.25, 0.3) is 0 Å². The smallest absolute Gasteiger partial charge is 0.131 e. The molecule has 0 atom stereocenters. The number of nitrogens with zero attached hydrogens (tertiary/aromatic N) is 2. The molecule has 0 unspecified atom stereocenters. The number of nitrogens with two attached hydrogens (primary N) is 1. The molecule has 68 valence electrons. The topological polar surface area (TPSA) is 53.1 Å². The number of ether oxygens (including phenoxy) is 1. The Morgan fingerprint density at radius 3 is 2.92 bits per heavy atom. The quantitative estimate of drug-likeness (QED) is 0.665. The Bertz CT molecular complexity index is 447. The number of aryl methyl sites for hydroxylation is 1. The van der Waals surface area contributed by atoms with E-state index in [2.05, 4.69) is 5.10 Å². The van der Waals surface area contributed by atoms with Gasteiger partial charge in [-0.15, -0.1) is 0 Å². The van der Waals surface area contributed by atoms with E-state index in [4.69, 9.17) is 10.5 Å². The van der Waals surface area contributed by atoms with Gasteiger partial charge in [0.2, 0.25) is 0 Å². The van der Waals surface area contributed by atoms with Crippen LogP contribution in [-0.2, 0) is 7.05 Å². The predicted octanol–water partition coefficient (Wildman–Crippen LogP) is 1.16. The number of hydrogen-bond donors (Lipinski definition) is 1. The SMILES string of the molecule is COc1cc(N)cc2c1cnn2C. The van der Waals surface area contributed by atoms with Crippen molar-refractivity contribution in [3.63, 3.8) is 0 Å². The van der Waals surface area contributed by atoms with E-state index in [1.807, 2.05) is 13.1 Å². The van der Waals surface area contributed by atoms with E-state index in [1.165, 1.54) is 0 Å². The van der Waals surface area contributed by atoms with Crippen molar-refractivity contribution in [3.05, 3.63) is 18.3 Å². The van der Waals surface area contributed by atoms with E-state index in [0.717, 1.165) is 16.7 Å². The van der Waals surface area contributed by atoms with Crippen molar-refractivity contribution in [3.8, 4) is 5.75 Å². The predicted molar refractivity (Wildman–Crippen MR) is 51.7 cm³/mol. The molecule has 0 saturated carbocycles. The normalized spacial score (nSPS) is 10.6. The summed E-state index contributed by atoms with van der Waals surface area (Å²) >= 11 is 0. The van der Waals surface area contributed by atoms with Crippen molar-refractivity contribution in [2.75, 3.05) is 12.8 Å². The third-order valence-electron chi connectivity index (χ3n) is 2.07. The molecule has 0 aliphatic carbocycles. The van der Waals surface area contributed by atoms with Gasteiger partial charge in [0.05, 0.1) is 24.2 Å². The molecule has 2 rings (SSSR count). The summed E-state index contributed by atoms with van der Waals surface area (Å²) in [7, 11) is 3.50. The summed E-state index contributed by atoms with van der Waals surface area (Å²) in [5.74, 6) is 0.767. The second-order valence-corrected chi connectivity index (χ2v) is 2.92. The van der Waals surface area contributed by atoms with Crippen LogP contribution in [-0.4, -0.2) is 16.9 Å². The molecule has 2 N–H and O–H groups in total. The molecule has 0 saturated heterocycles. The number of anilines is 1. The first kappa shape index (κ1) is 7.91. The Morgan fingerprint density at radius 2 is 2.23 bits per heavy atom. The van der Waals surface area contributed by atoms with Crippen molar-refractivity contribution in [2.24, 2.45) is 7.05 Å². The second kappa shape index (κ2) is 2.65. The van der Waals surface area contributed by atoms with E-state index in [0.29, 0.717) is 5.69 Å². The van der Waals surface area contributed by atoms with Gasteiger partial charge in [-0.05, 0) is 6.07 Å². The number of benzene rings is 1. The molecule has 0 spiro atoms. The maximum Gasteiger partial charge on any atom is 0.131 e. The maximum atomic E-state index is 5.71. The van der Waals surface area contributed by atoms with Crippen molar-refractivity contribution in [2.45, 2.75) is 0 Å². The first-order valence-corrected chi connectivity index (χ1v) is 3.97. The molecule has 0 fully saturated rings. The Labute approximate surface area is 75.9 Å². The van der Waals surface area contributed by atoms with Gasteiger partial charge in [-0.2, -0.15) is 5.10 Å². The highest BCUT2D eigenvalue weighted by molar-refractivity contribution is 5.88. The standard InChI is InChI=1S/C9H11N3O/c1-12-8-3-6(10)4-9(13-2)7(8)5-11-12/h3-5H,10H2,1-2H3. The van der Waals surface area contributed by atoms with E-state index >= 15 is 0 Å². The molecule has 2 aromatic rings. The zero-order valence-corrected chi connectivity index (χ0v) is 7.61. The summed E-state index contributed by atoms with van der Waals surface area (Å²) in [6.45, 7) is 0. The van der Waals surface area contributed by atoms with E-state index in [1.54, 1.807) is 24.1 Å². The summed E-state index contributed by atoms with van der Waals surface area (Å²) < 4.78 is 6.96. The van der Waals surface area contributed by atoms with Crippen LogP contribution in [0.4, 0.5) is 5.69 Å². The molecule has 0 radical (unpaired) electrons. The average Bonchev–Trinajstić information content (AvgIpc) is 2.47. The van der Waals surface area contributed by atoms with Crippen molar-refractivity contribution < 1.29 is 4.74 Å². The van der Waals surface area contributed by atoms with Crippen LogP contribution in [0.15, 0.2) is 18.3 Å². The Kier molecular flexibility index (Phi) is 1.62. The fourth-order valence-corrected chi connectivity index (χ4v) is 1.41. The summed E-state index contributed by atoms with van der Waals surface area (Å²) in [5.41, 5.74) is 7.38. The highest BCUT2D eigenvalue weighted by atomic mass is 16.5. The first-order valence-electron chi connectivity index (χ1n) is 3.97. The number of hydrogen-bond acceptors (Lipinski definition) is 3. The number of methoxy groups -OCH3 is 1. The summed E-state index contributed by atoms with van der Waals surface area (Å²) in [4.78, 5) is 0. The van der Waals surface area contributed by atoms with Crippen molar-refractivity contribution in [1.82, 2.24) is 9.78 Å². The average molecular weight is 177 g/mol. The molecule has 13 heavy (non-hydrogen) atoms. The van der Waals surface area contributed by atoms with Gasteiger partial charge >= 0.3 is 0 Å². The lowest BCUT2D eigenvalue weighted by Gasteiger charge is -2.03.